The number of alkyl halides is 3. The average molecular weight is 427 g/mol. The van der Waals surface area contributed by atoms with Crippen molar-refractivity contribution in [2.75, 3.05) is 26.7 Å². The lowest BCUT2D eigenvalue weighted by Crippen LogP contribution is -2.48. The van der Waals surface area contributed by atoms with Crippen molar-refractivity contribution in [1.82, 2.24) is 25.5 Å². The minimum atomic E-state index is -4.38. The number of hydrogen-bond donors (Lipinski definition) is 2. The number of nitrogens with zero attached hydrogens (tertiary/aromatic N) is 4. The van der Waals surface area contributed by atoms with Crippen molar-refractivity contribution >= 4 is 17.3 Å². The molecular weight excluding hydrogens is 401 g/mol. The van der Waals surface area contributed by atoms with Gasteiger partial charge in [-0.1, -0.05) is 6.07 Å². The van der Waals surface area contributed by atoms with Gasteiger partial charge in [0.05, 0.1) is 10.7 Å². The van der Waals surface area contributed by atoms with Gasteiger partial charge in [-0.3, -0.25) is 14.9 Å². The maximum Gasteiger partial charge on any atom is 0.434 e. The Labute approximate surface area is 172 Å². The summed E-state index contributed by atoms with van der Waals surface area (Å²) in [7, 11) is 1.69. The SMILES string of the molecule is CN=C(NCCc1nc(C(F)(F)F)cs1)NC1CCN(Cc2ccccn2)CC1. The number of likely N-dealkylation sites (tertiary alicyclic amines) is 1. The van der Waals surface area contributed by atoms with Crippen molar-refractivity contribution in [2.24, 2.45) is 4.99 Å². The highest BCUT2D eigenvalue weighted by molar-refractivity contribution is 7.09. The molecule has 1 aliphatic heterocycles. The van der Waals surface area contributed by atoms with Crippen LogP contribution in [0.25, 0.3) is 0 Å². The fraction of sp³-hybridized carbons (Fsp3) is 0.526. The molecule has 158 valence electrons. The van der Waals surface area contributed by atoms with E-state index in [1.165, 1.54) is 0 Å². The number of thiazole rings is 1. The van der Waals surface area contributed by atoms with Gasteiger partial charge < -0.3 is 10.6 Å². The topological polar surface area (TPSA) is 65.4 Å². The quantitative estimate of drug-likeness (QED) is 0.549. The third kappa shape index (κ3) is 6.67. The molecule has 3 heterocycles. The van der Waals surface area contributed by atoms with Crippen LogP contribution in [-0.4, -0.2) is 53.6 Å². The van der Waals surface area contributed by atoms with Crippen molar-refractivity contribution in [3.8, 4) is 0 Å². The van der Waals surface area contributed by atoms with Crippen LogP contribution in [0.4, 0.5) is 13.2 Å². The monoisotopic (exact) mass is 426 g/mol. The van der Waals surface area contributed by atoms with Crippen LogP contribution in [0.15, 0.2) is 34.8 Å². The van der Waals surface area contributed by atoms with E-state index in [1.807, 2.05) is 24.4 Å². The Morgan fingerprint density at radius 3 is 2.72 bits per heavy atom. The number of nitrogens with one attached hydrogen (secondary N) is 2. The van der Waals surface area contributed by atoms with Crippen molar-refractivity contribution in [3.05, 3.63) is 46.2 Å². The number of hydrogen-bond acceptors (Lipinski definition) is 5. The van der Waals surface area contributed by atoms with E-state index in [0.717, 1.165) is 54.9 Å². The molecule has 0 spiro atoms. The lowest BCUT2D eigenvalue weighted by Gasteiger charge is -2.32. The van der Waals surface area contributed by atoms with Crippen LogP contribution in [0.1, 0.15) is 29.2 Å². The Morgan fingerprint density at radius 2 is 2.10 bits per heavy atom. The third-order valence-electron chi connectivity index (χ3n) is 4.74. The molecule has 0 bridgehead atoms. The second kappa shape index (κ2) is 10.0. The smallest absolute Gasteiger partial charge is 0.356 e. The molecule has 29 heavy (non-hydrogen) atoms. The molecule has 0 radical (unpaired) electrons. The molecule has 6 nitrogen and oxygen atoms in total. The van der Waals surface area contributed by atoms with E-state index >= 15 is 0 Å². The zero-order valence-electron chi connectivity index (χ0n) is 16.2. The average Bonchev–Trinajstić information content (AvgIpc) is 3.19. The molecule has 0 unspecified atom stereocenters. The van der Waals surface area contributed by atoms with Crippen molar-refractivity contribution in [1.29, 1.82) is 0 Å². The van der Waals surface area contributed by atoms with E-state index in [-0.39, 0.29) is 0 Å². The zero-order chi connectivity index (χ0) is 20.7. The molecule has 2 aromatic heterocycles. The van der Waals surface area contributed by atoms with Gasteiger partial charge in [0.2, 0.25) is 0 Å². The number of aromatic nitrogens is 2. The number of piperidine rings is 1. The molecule has 1 saturated heterocycles. The summed E-state index contributed by atoms with van der Waals surface area (Å²) in [5.74, 6) is 0.667. The Morgan fingerprint density at radius 1 is 1.31 bits per heavy atom. The standard InChI is InChI=1S/C19H25F3N6S/c1-23-18(25-9-5-17-27-16(13-29-17)19(20,21)22)26-14-6-10-28(11-7-14)12-15-4-2-3-8-24-15/h2-4,8,13-14H,5-7,9-12H2,1H3,(H2,23,25,26). The minimum absolute atomic E-state index is 0.317. The number of halogens is 3. The van der Waals surface area contributed by atoms with Crippen LogP contribution in [0.3, 0.4) is 0 Å². The van der Waals surface area contributed by atoms with Crippen molar-refractivity contribution < 1.29 is 13.2 Å². The Kier molecular flexibility index (Phi) is 7.43. The number of guanidine groups is 1. The number of rotatable bonds is 6. The summed E-state index contributed by atoms with van der Waals surface area (Å²) >= 11 is 1.03. The minimum Gasteiger partial charge on any atom is -0.356 e. The highest BCUT2D eigenvalue weighted by Crippen LogP contribution is 2.30. The van der Waals surface area contributed by atoms with Crippen LogP contribution in [0.2, 0.25) is 0 Å². The van der Waals surface area contributed by atoms with Gasteiger partial charge in [-0.15, -0.1) is 11.3 Å². The summed E-state index contributed by atoms with van der Waals surface area (Å²) in [6.45, 7) is 3.28. The summed E-state index contributed by atoms with van der Waals surface area (Å²) in [5, 5.41) is 8.09. The van der Waals surface area contributed by atoms with Crippen molar-refractivity contribution in [3.63, 3.8) is 0 Å². The number of aliphatic imine (C=N–C) groups is 1. The van der Waals surface area contributed by atoms with Crippen LogP contribution < -0.4 is 10.6 Å². The molecule has 0 aromatic carbocycles. The van der Waals surface area contributed by atoms with Crippen LogP contribution in [0.5, 0.6) is 0 Å². The molecule has 0 saturated carbocycles. The summed E-state index contributed by atoms with van der Waals surface area (Å²) < 4.78 is 37.8. The molecule has 10 heteroatoms. The Balaban J connectivity index is 1.38. The largest absolute Gasteiger partial charge is 0.434 e. The fourth-order valence-corrected chi connectivity index (χ4v) is 3.99. The summed E-state index contributed by atoms with van der Waals surface area (Å²) in [6, 6.07) is 6.28. The Hall–Kier alpha value is -2.20. The third-order valence-corrected chi connectivity index (χ3v) is 5.65. The maximum atomic E-state index is 12.6. The van der Waals surface area contributed by atoms with Crippen LogP contribution in [-0.2, 0) is 19.1 Å². The molecule has 0 atom stereocenters. The molecule has 3 rings (SSSR count). The summed E-state index contributed by atoms with van der Waals surface area (Å²) in [4.78, 5) is 14.6. The van der Waals surface area contributed by atoms with E-state index in [1.54, 1.807) is 7.05 Å². The first kappa shape index (κ1) is 21.5. The zero-order valence-corrected chi connectivity index (χ0v) is 17.1. The van der Waals surface area contributed by atoms with Gasteiger partial charge in [0.1, 0.15) is 0 Å². The molecule has 0 amide bonds. The van der Waals surface area contributed by atoms with Gasteiger partial charge in [-0.05, 0) is 25.0 Å². The van der Waals surface area contributed by atoms with Crippen molar-refractivity contribution in [2.45, 2.75) is 38.0 Å². The molecule has 2 N–H and O–H groups in total. The first-order valence-electron chi connectivity index (χ1n) is 9.55. The lowest BCUT2D eigenvalue weighted by molar-refractivity contribution is -0.140. The second-order valence-electron chi connectivity index (χ2n) is 6.89. The van der Waals surface area contributed by atoms with E-state index < -0.39 is 11.9 Å². The predicted octanol–water partition coefficient (Wildman–Crippen LogP) is 2.93. The molecule has 2 aromatic rings. The molecule has 1 fully saturated rings. The molecule has 1 aliphatic rings. The molecular formula is C19H25F3N6S. The normalized spacial score (nSPS) is 16.8. The molecule has 0 aliphatic carbocycles. The highest BCUT2D eigenvalue weighted by Gasteiger charge is 2.33. The summed E-state index contributed by atoms with van der Waals surface area (Å²) in [5.41, 5.74) is 0.254. The van der Waals surface area contributed by atoms with Gasteiger partial charge in [0.15, 0.2) is 11.7 Å². The van der Waals surface area contributed by atoms with Gasteiger partial charge in [0, 0.05) is 57.3 Å². The Bertz CT molecular complexity index is 785. The number of pyridine rings is 1. The lowest BCUT2D eigenvalue weighted by atomic mass is 10.0. The first-order valence-corrected chi connectivity index (χ1v) is 10.4. The van der Waals surface area contributed by atoms with Crippen LogP contribution >= 0.6 is 11.3 Å². The van der Waals surface area contributed by atoms with Crippen LogP contribution in [0, 0.1) is 0 Å². The van der Waals surface area contributed by atoms with E-state index in [4.69, 9.17) is 0 Å². The van der Waals surface area contributed by atoms with Gasteiger partial charge in [-0.25, -0.2) is 4.98 Å². The van der Waals surface area contributed by atoms with Gasteiger partial charge in [-0.2, -0.15) is 13.2 Å². The van der Waals surface area contributed by atoms with E-state index in [2.05, 4.69) is 30.5 Å². The maximum absolute atomic E-state index is 12.6. The van der Waals surface area contributed by atoms with E-state index in [0.29, 0.717) is 30.0 Å². The van der Waals surface area contributed by atoms with E-state index in [9.17, 15) is 13.2 Å². The highest BCUT2D eigenvalue weighted by atomic mass is 32.1. The first-order chi connectivity index (χ1) is 13.9. The predicted molar refractivity (Wildman–Crippen MR) is 108 cm³/mol. The van der Waals surface area contributed by atoms with Gasteiger partial charge >= 0.3 is 6.18 Å². The summed E-state index contributed by atoms with van der Waals surface area (Å²) in [6.07, 6.45) is -0.159. The second-order valence-corrected chi connectivity index (χ2v) is 7.83. The van der Waals surface area contributed by atoms with Gasteiger partial charge in [0.25, 0.3) is 0 Å². The fourth-order valence-electron chi connectivity index (χ4n) is 3.19.